The molecular formula is C16H14-4. The van der Waals surface area contributed by atoms with Crippen LogP contribution in [0.2, 0.25) is 0 Å². The van der Waals surface area contributed by atoms with Crippen LogP contribution in [-0.4, -0.2) is 0 Å². The maximum absolute atomic E-state index is 3.94. The Bertz CT molecular complexity index is 408. The van der Waals surface area contributed by atoms with E-state index >= 15 is 0 Å². The van der Waals surface area contributed by atoms with Gasteiger partial charge in [-0.2, -0.15) is 18.1 Å². The van der Waals surface area contributed by atoms with Crippen LogP contribution in [0.3, 0.4) is 0 Å². The van der Waals surface area contributed by atoms with E-state index in [1.54, 1.807) is 0 Å². The van der Waals surface area contributed by atoms with Crippen LogP contribution in [0.4, 0.5) is 0 Å². The molecular weight excluding hydrogens is 192 g/mol. The quantitative estimate of drug-likeness (QED) is 0.571. The van der Waals surface area contributed by atoms with Gasteiger partial charge in [0.2, 0.25) is 0 Å². The van der Waals surface area contributed by atoms with Gasteiger partial charge in [-0.15, -0.1) is 6.58 Å². The molecule has 0 saturated heterocycles. The summed E-state index contributed by atoms with van der Waals surface area (Å²) in [6, 6.07) is 0. The lowest BCUT2D eigenvalue weighted by Gasteiger charge is -2.43. The third kappa shape index (κ3) is 2.12. The highest BCUT2D eigenvalue weighted by atomic mass is 14.2. The van der Waals surface area contributed by atoms with E-state index in [9.17, 15) is 0 Å². The van der Waals surface area contributed by atoms with Gasteiger partial charge in [0.1, 0.15) is 0 Å². The predicted molar refractivity (Wildman–Crippen MR) is 69.9 cm³/mol. The van der Waals surface area contributed by atoms with Crippen molar-refractivity contribution in [3.05, 3.63) is 97.6 Å². The van der Waals surface area contributed by atoms with E-state index in [0.29, 0.717) is 0 Å². The SMILES string of the molecule is C=C1C=C(C2=CC(=C)[CH-]C(=C)[CH-]2)[CH-]C(=C)[CH-]1. The smallest absolute Gasteiger partial charge is 0.121 e. The number of hydrogen-bond acceptors (Lipinski definition) is 0. The van der Waals surface area contributed by atoms with Crippen molar-refractivity contribution in [2.45, 2.75) is 0 Å². The molecule has 0 atom stereocenters. The van der Waals surface area contributed by atoms with Crippen LogP contribution in [0.1, 0.15) is 0 Å². The molecule has 0 amide bonds. The lowest BCUT2D eigenvalue weighted by molar-refractivity contribution is 1.23. The molecule has 0 unspecified atom stereocenters. The first-order valence-corrected chi connectivity index (χ1v) is 5.13. The van der Waals surface area contributed by atoms with Crippen molar-refractivity contribution in [2.75, 3.05) is 0 Å². The van der Waals surface area contributed by atoms with Gasteiger partial charge in [-0.3, -0.25) is 18.1 Å². The monoisotopic (exact) mass is 206 g/mol. The second-order valence-electron chi connectivity index (χ2n) is 4.08. The molecule has 0 heteroatoms. The van der Waals surface area contributed by atoms with Crippen molar-refractivity contribution in [3.63, 3.8) is 0 Å². The van der Waals surface area contributed by atoms with E-state index in [-0.39, 0.29) is 0 Å². The zero-order valence-electron chi connectivity index (χ0n) is 9.29. The Morgan fingerprint density at radius 1 is 0.625 bits per heavy atom. The third-order valence-corrected chi connectivity index (χ3v) is 2.44. The minimum Gasteiger partial charge on any atom is -0.285 e. The van der Waals surface area contributed by atoms with Crippen LogP contribution in [0.15, 0.2) is 71.9 Å². The van der Waals surface area contributed by atoms with Crippen molar-refractivity contribution < 1.29 is 0 Å². The van der Waals surface area contributed by atoms with Crippen molar-refractivity contribution in [1.82, 2.24) is 0 Å². The van der Waals surface area contributed by atoms with Crippen LogP contribution < -0.4 is 0 Å². The first-order valence-electron chi connectivity index (χ1n) is 5.13. The molecule has 16 heavy (non-hydrogen) atoms. The minimum atomic E-state index is 0.975. The molecule has 0 radical (unpaired) electrons. The van der Waals surface area contributed by atoms with E-state index in [4.69, 9.17) is 0 Å². The zero-order chi connectivity index (χ0) is 11.7. The molecule has 0 aromatic heterocycles. The summed E-state index contributed by atoms with van der Waals surface area (Å²) in [6.45, 7) is 15.8. The lowest BCUT2D eigenvalue weighted by Crippen LogP contribution is -2.06. The molecule has 0 aromatic rings. The predicted octanol–water partition coefficient (Wildman–Crippen LogP) is 3.91. The number of allylic oxidation sites excluding steroid dienone is 8. The maximum atomic E-state index is 3.94. The van der Waals surface area contributed by atoms with Gasteiger partial charge in [0, 0.05) is 0 Å². The molecule has 82 valence electrons. The lowest BCUT2D eigenvalue weighted by atomic mass is 9.82. The van der Waals surface area contributed by atoms with Crippen molar-refractivity contribution in [1.29, 1.82) is 0 Å². The van der Waals surface area contributed by atoms with E-state index in [1.807, 2.05) is 37.8 Å². The zero-order valence-corrected chi connectivity index (χ0v) is 9.29. The molecule has 0 fully saturated rings. The van der Waals surface area contributed by atoms with Gasteiger partial charge < -0.3 is 0 Å². The van der Waals surface area contributed by atoms with Crippen molar-refractivity contribution in [3.8, 4) is 0 Å². The molecule has 2 aliphatic carbocycles. The van der Waals surface area contributed by atoms with Crippen LogP contribution in [-0.2, 0) is 0 Å². The molecule has 0 aliphatic heterocycles. The summed E-state index contributed by atoms with van der Waals surface area (Å²) in [6.07, 6.45) is 12.1. The van der Waals surface area contributed by atoms with E-state index < -0.39 is 0 Å². The summed E-state index contributed by atoms with van der Waals surface area (Å²) in [5, 5.41) is 0. The summed E-state index contributed by atoms with van der Waals surface area (Å²) in [5.74, 6) is 0. The molecule has 0 N–H and O–H groups in total. The van der Waals surface area contributed by atoms with Gasteiger partial charge >= 0.3 is 0 Å². The topological polar surface area (TPSA) is 0 Å². The summed E-state index contributed by atoms with van der Waals surface area (Å²) in [4.78, 5) is 0. The summed E-state index contributed by atoms with van der Waals surface area (Å²) in [7, 11) is 0. The van der Waals surface area contributed by atoms with Crippen LogP contribution in [0.25, 0.3) is 0 Å². The fraction of sp³-hybridized carbons (Fsp3) is 0. The molecule has 0 spiro atoms. The Kier molecular flexibility index (Phi) is 2.49. The van der Waals surface area contributed by atoms with Gasteiger partial charge in [-0.25, -0.2) is 54.9 Å². The maximum Gasteiger partial charge on any atom is -0.121 e. The first kappa shape index (κ1) is 10.4. The average molecular weight is 206 g/mol. The van der Waals surface area contributed by atoms with Gasteiger partial charge in [-0.05, 0) is 0 Å². The summed E-state index contributed by atoms with van der Waals surface area (Å²) >= 11 is 0. The third-order valence-electron chi connectivity index (χ3n) is 2.44. The largest absolute Gasteiger partial charge is 0.285 e. The Labute approximate surface area is 98.1 Å². The molecule has 0 aromatic carbocycles. The highest BCUT2D eigenvalue weighted by molar-refractivity contribution is 5.64. The fourth-order valence-corrected chi connectivity index (χ4v) is 1.86. The second kappa shape index (κ2) is 3.82. The fourth-order valence-electron chi connectivity index (χ4n) is 1.86. The number of rotatable bonds is 1. The summed E-state index contributed by atoms with van der Waals surface area (Å²) in [5.41, 5.74) is 6.14. The first-order chi connectivity index (χ1) is 7.54. The molecule has 0 nitrogen and oxygen atoms in total. The molecule has 2 aliphatic rings. The van der Waals surface area contributed by atoms with E-state index in [2.05, 4.69) is 26.3 Å². The molecule has 0 saturated carbocycles. The highest BCUT2D eigenvalue weighted by Gasteiger charge is 1.97. The summed E-state index contributed by atoms with van der Waals surface area (Å²) < 4.78 is 0. The molecule has 2 rings (SSSR count). The van der Waals surface area contributed by atoms with Crippen molar-refractivity contribution >= 4 is 0 Å². The van der Waals surface area contributed by atoms with Crippen LogP contribution in [0, 0.1) is 25.7 Å². The second-order valence-corrected chi connectivity index (χ2v) is 4.08. The van der Waals surface area contributed by atoms with Gasteiger partial charge in [0.15, 0.2) is 0 Å². The van der Waals surface area contributed by atoms with E-state index in [1.165, 1.54) is 0 Å². The minimum absolute atomic E-state index is 0.975. The average Bonchev–Trinajstić information content (AvgIpc) is 2.14. The Morgan fingerprint density at radius 3 is 1.31 bits per heavy atom. The van der Waals surface area contributed by atoms with Crippen molar-refractivity contribution in [2.24, 2.45) is 0 Å². The normalized spacial score (nSPS) is 20.0. The Hall–Kier alpha value is -2.08. The molecule has 0 bridgehead atoms. The van der Waals surface area contributed by atoms with Crippen LogP contribution in [0.5, 0.6) is 0 Å². The standard InChI is InChI=1S/C16H14/c1-11-5-12(2)8-15(7-11)16-9-13(3)6-14(4)10-16/h5-10H,1-4H2/q-4. The van der Waals surface area contributed by atoms with Gasteiger partial charge in [0.25, 0.3) is 0 Å². The van der Waals surface area contributed by atoms with Crippen LogP contribution >= 0.6 is 0 Å². The van der Waals surface area contributed by atoms with Gasteiger partial charge in [0.05, 0.1) is 0 Å². The Balaban J connectivity index is 2.31. The molecule has 0 heterocycles. The van der Waals surface area contributed by atoms with Gasteiger partial charge in [-0.1, -0.05) is 0 Å². The Morgan fingerprint density at radius 2 is 1.00 bits per heavy atom. The highest BCUT2D eigenvalue weighted by Crippen LogP contribution is 2.34. The number of hydrogen-bond donors (Lipinski definition) is 0. The van der Waals surface area contributed by atoms with E-state index in [0.717, 1.165) is 33.4 Å².